The third-order valence-corrected chi connectivity index (χ3v) is 5.31. The molecule has 1 saturated carbocycles. The first-order chi connectivity index (χ1) is 8.99. The van der Waals surface area contributed by atoms with Crippen LogP contribution < -0.4 is 5.32 Å². The van der Waals surface area contributed by atoms with Crippen LogP contribution in [0.15, 0.2) is 24.3 Å². The van der Waals surface area contributed by atoms with E-state index in [-0.39, 0.29) is 0 Å². The van der Waals surface area contributed by atoms with Crippen molar-refractivity contribution in [3.05, 3.63) is 35.4 Å². The van der Waals surface area contributed by atoms with Gasteiger partial charge in [0.1, 0.15) is 0 Å². The van der Waals surface area contributed by atoms with Crippen molar-refractivity contribution in [3.8, 4) is 0 Å². The maximum atomic E-state index is 3.45. The molecule has 1 aliphatic rings. The second kappa shape index (κ2) is 6.32. The summed E-state index contributed by atoms with van der Waals surface area (Å²) in [5.74, 6) is 1.97. The Bertz CT molecular complexity index is 387. The summed E-state index contributed by atoms with van der Waals surface area (Å²) in [6.07, 6.45) is 4.18. The molecule has 0 heterocycles. The van der Waals surface area contributed by atoms with Crippen molar-refractivity contribution in [2.24, 2.45) is 0 Å². The zero-order valence-electron chi connectivity index (χ0n) is 12.7. The van der Waals surface area contributed by atoms with Crippen LogP contribution in [0, 0.1) is 0 Å². The van der Waals surface area contributed by atoms with Gasteiger partial charge in [-0.2, -0.15) is 11.8 Å². The molecule has 106 valence electrons. The topological polar surface area (TPSA) is 12.0 Å². The van der Waals surface area contributed by atoms with Gasteiger partial charge in [-0.3, -0.25) is 0 Å². The molecule has 0 amide bonds. The Labute approximate surface area is 122 Å². The second-order valence-electron chi connectivity index (χ2n) is 6.56. The Morgan fingerprint density at radius 2 is 1.84 bits per heavy atom. The predicted octanol–water partition coefficient (Wildman–Crippen LogP) is 4.75. The van der Waals surface area contributed by atoms with Crippen LogP contribution in [0.3, 0.4) is 0 Å². The highest BCUT2D eigenvalue weighted by Crippen LogP contribution is 2.36. The van der Waals surface area contributed by atoms with Crippen LogP contribution >= 0.6 is 11.8 Å². The van der Waals surface area contributed by atoms with Gasteiger partial charge < -0.3 is 5.32 Å². The molecular formula is C17H27NS. The molecular weight excluding hydrogens is 250 g/mol. The molecule has 2 rings (SSSR count). The summed E-state index contributed by atoms with van der Waals surface area (Å²) < 4.78 is 0.334. The summed E-state index contributed by atoms with van der Waals surface area (Å²) >= 11 is 2.02. The highest BCUT2D eigenvalue weighted by Gasteiger charge is 2.20. The second-order valence-corrected chi connectivity index (χ2v) is 8.41. The lowest BCUT2D eigenvalue weighted by atomic mass is 9.80. The van der Waals surface area contributed by atoms with E-state index in [1.165, 1.54) is 30.4 Å². The first-order valence-corrected chi connectivity index (χ1v) is 8.39. The highest BCUT2D eigenvalue weighted by atomic mass is 32.2. The zero-order chi connectivity index (χ0) is 13.9. The van der Waals surface area contributed by atoms with Crippen LogP contribution in [0.25, 0.3) is 0 Å². The summed E-state index contributed by atoms with van der Waals surface area (Å²) in [4.78, 5) is 0. The van der Waals surface area contributed by atoms with Gasteiger partial charge in [-0.15, -0.1) is 0 Å². The van der Waals surface area contributed by atoms with E-state index < -0.39 is 0 Å². The van der Waals surface area contributed by atoms with Crippen LogP contribution in [0.1, 0.15) is 63.1 Å². The van der Waals surface area contributed by atoms with E-state index >= 15 is 0 Å². The van der Waals surface area contributed by atoms with Crippen LogP contribution in [0.4, 0.5) is 0 Å². The third kappa shape index (κ3) is 4.25. The minimum Gasteiger partial charge on any atom is -0.312 e. The Balaban J connectivity index is 1.97. The van der Waals surface area contributed by atoms with Crippen molar-refractivity contribution in [1.29, 1.82) is 0 Å². The Kier molecular flexibility index (Phi) is 4.97. The largest absolute Gasteiger partial charge is 0.312 e. The van der Waals surface area contributed by atoms with Crippen molar-refractivity contribution >= 4 is 11.8 Å². The molecule has 2 heteroatoms. The Morgan fingerprint density at radius 3 is 2.26 bits per heavy atom. The molecule has 0 bridgehead atoms. The standard InChI is InChI=1S/C17H27NS/c1-17(2,3)19-12-16(18-4)15-10-8-14(9-11-15)13-6-5-7-13/h8-11,13,16,18H,5-7,12H2,1-4H3. The first-order valence-electron chi connectivity index (χ1n) is 7.40. The van der Waals surface area contributed by atoms with Crippen molar-refractivity contribution < 1.29 is 0 Å². The van der Waals surface area contributed by atoms with Gasteiger partial charge in [0.25, 0.3) is 0 Å². The minimum absolute atomic E-state index is 0.334. The molecule has 1 aliphatic carbocycles. The molecule has 1 atom stereocenters. The summed E-state index contributed by atoms with van der Waals surface area (Å²) in [6, 6.07) is 9.77. The lowest BCUT2D eigenvalue weighted by molar-refractivity contribution is 0.419. The molecule has 1 aromatic carbocycles. The van der Waals surface area contributed by atoms with E-state index in [2.05, 4.69) is 57.4 Å². The summed E-state index contributed by atoms with van der Waals surface area (Å²) in [5, 5.41) is 3.45. The van der Waals surface area contributed by atoms with Gasteiger partial charge in [0.05, 0.1) is 0 Å². The average Bonchev–Trinajstić information content (AvgIpc) is 2.28. The fraction of sp³-hybridized carbons (Fsp3) is 0.647. The summed E-state index contributed by atoms with van der Waals surface area (Å²) in [6.45, 7) is 6.85. The van der Waals surface area contributed by atoms with Crippen LogP contribution in [-0.2, 0) is 0 Å². The first kappa shape index (κ1) is 14.9. The van der Waals surface area contributed by atoms with Gasteiger partial charge in [0, 0.05) is 16.5 Å². The van der Waals surface area contributed by atoms with Gasteiger partial charge in [0.2, 0.25) is 0 Å². The van der Waals surface area contributed by atoms with Gasteiger partial charge in [0.15, 0.2) is 0 Å². The number of benzene rings is 1. The predicted molar refractivity (Wildman–Crippen MR) is 87.0 cm³/mol. The number of thioether (sulfide) groups is 1. The summed E-state index contributed by atoms with van der Waals surface area (Å²) in [7, 11) is 2.06. The Morgan fingerprint density at radius 1 is 1.21 bits per heavy atom. The van der Waals surface area contributed by atoms with Crippen molar-refractivity contribution in [2.75, 3.05) is 12.8 Å². The molecule has 0 aromatic heterocycles. The van der Waals surface area contributed by atoms with E-state index in [0.29, 0.717) is 10.8 Å². The van der Waals surface area contributed by atoms with Crippen LogP contribution in [0.2, 0.25) is 0 Å². The van der Waals surface area contributed by atoms with Gasteiger partial charge in [-0.1, -0.05) is 51.5 Å². The lowest BCUT2D eigenvalue weighted by Gasteiger charge is -2.27. The SMILES string of the molecule is CNC(CSC(C)(C)C)c1ccc(C2CCC2)cc1. The monoisotopic (exact) mass is 277 g/mol. The quantitative estimate of drug-likeness (QED) is 0.834. The van der Waals surface area contributed by atoms with E-state index in [0.717, 1.165) is 11.7 Å². The molecule has 0 aliphatic heterocycles. The molecule has 1 nitrogen and oxygen atoms in total. The maximum Gasteiger partial charge on any atom is 0.0409 e. The van der Waals surface area contributed by atoms with Crippen LogP contribution in [-0.4, -0.2) is 17.5 Å². The molecule has 1 fully saturated rings. The number of hydrogen-bond donors (Lipinski definition) is 1. The normalized spacial score (nSPS) is 18.1. The fourth-order valence-electron chi connectivity index (χ4n) is 2.42. The molecule has 1 aromatic rings. The van der Waals surface area contributed by atoms with Crippen molar-refractivity contribution in [1.82, 2.24) is 5.32 Å². The lowest BCUT2D eigenvalue weighted by Crippen LogP contribution is -2.22. The van der Waals surface area contributed by atoms with E-state index in [1.54, 1.807) is 0 Å². The molecule has 1 N–H and O–H groups in total. The number of rotatable bonds is 5. The highest BCUT2D eigenvalue weighted by molar-refractivity contribution is 8.00. The maximum absolute atomic E-state index is 3.45. The number of nitrogens with one attached hydrogen (secondary N) is 1. The number of hydrogen-bond acceptors (Lipinski definition) is 2. The third-order valence-electron chi connectivity index (χ3n) is 3.95. The molecule has 0 spiro atoms. The van der Waals surface area contributed by atoms with E-state index in [4.69, 9.17) is 0 Å². The van der Waals surface area contributed by atoms with E-state index in [1.807, 2.05) is 11.8 Å². The van der Waals surface area contributed by atoms with Gasteiger partial charge in [-0.05, 0) is 36.9 Å². The smallest absolute Gasteiger partial charge is 0.0409 e. The average molecular weight is 277 g/mol. The zero-order valence-corrected chi connectivity index (χ0v) is 13.5. The van der Waals surface area contributed by atoms with Crippen molar-refractivity contribution in [3.63, 3.8) is 0 Å². The fourth-order valence-corrected chi connectivity index (χ4v) is 3.45. The van der Waals surface area contributed by atoms with E-state index in [9.17, 15) is 0 Å². The Hall–Kier alpha value is -0.470. The molecule has 0 radical (unpaired) electrons. The minimum atomic E-state index is 0.334. The van der Waals surface area contributed by atoms with Crippen molar-refractivity contribution in [2.45, 2.75) is 56.7 Å². The molecule has 0 saturated heterocycles. The molecule has 1 unspecified atom stereocenters. The van der Waals surface area contributed by atoms with Crippen LogP contribution in [0.5, 0.6) is 0 Å². The van der Waals surface area contributed by atoms with Gasteiger partial charge in [-0.25, -0.2) is 0 Å². The summed E-state index contributed by atoms with van der Waals surface area (Å²) in [5.41, 5.74) is 2.95. The molecule has 19 heavy (non-hydrogen) atoms. The van der Waals surface area contributed by atoms with Gasteiger partial charge >= 0.3 is 0 Å².